The highest BCUT2D eigenvalue weighted by molar-refractivity contribution is 6.34. The maximum atomic E-state index is 11.9. The maximum Gasteiger partial charge on any atom is 0.251 e. The minimum absolute atomic E-state index is 0.0483. The first-order valence-electron chi connectivity index (χ1n) is 5.50. The molecule has 2 amide bonds. The summed E-state index contributed by atoms with van der Waals surface area (Å²) in [6.07, 6.45) is 0. The average molecular weight is 268 g/mol. The number of para-hydroxylation sites is 1. The summed E-state index contributed by atoms with van der Waals surface area (Å²) in [5.74, 6) is -0.725. The Morgan fingerprint density at radius 1 is 1.39 bits per heavy atom. The molecule has 5 nitrogen and oxygen atoms in total. The van der Waals surface area contributed by atoms with Crippen molar-refractivity contribution in [3.8, 4) is 0 Å². The van der Waals surface area contributed by atoms with Gasteiger partial charge >= 0.3 is 0 Å². The second-order valence-electron chi connectivity index (χ2n) is 4.70. The molecule has 0 aliphatic carbocycles. The predicted octanol–water partition coefficient (Wildman–Crippen LogP) is 1.16. The number of imide groups is 1. The Bertz CT molecular complexity index is 508. The van der Waals surface area contributed by atoms with Crippen molar-refractivity contribution in [3.05, 3.63) is 23.2 Å². The lowest BCUT2D eigenvalue weighted by Crippen LogP contribution is -2.64. The van der Waals surface area contributed by atoms with E-state index < -0.39 is 5.54 Å². The normalized spacial score (nSPS) is 18.7. The van der Waals surface area contributed by atoms with Gasteiger partial charge in [0.05, 0.1) is 22.9 Å². The van der Waals surface area contributed by atoms with Crippen LogP contribution in [0.3, 0.4) is 0 Å². The number of nitrogen functional groups attached to an aromatic ring is 1. The van der Waals surface area contributed by atoms with Gasteiger partial charge in [-0.3, -0.25) is 14.9 Å². The Morgan fingerprint density at radius 2 is 2.06 bits per heavy atom. The molecule has 1 aromatic rings. The quantitative estimate of drug-likeness (QED) is 0.591. The standard InChI is InChI=1S/C12H14ClN3O2/c1-12(2)11(18)15-9(17)6-16(12)10-7(13)4-3-5-8(10)14/h3-5H,6,14H2,1-2H3,(H,15,17,18). The molecule has 3 N–H and O–H groups in total. The number of rotatable bonds is 1. The summed E-state index contributed by atoms with van der Waals surface area (Å²) in [4.78, 5) is 25.0. The van der Waals surface area contributed by atoms with Crippen molar-refractivity contribution in [1.82, 2.24) is 5.32 Å². The summed E-state index contributed by atoms with van der Waals surface area (Å²) in [6.45, 7) is 3.49. The van der Waals surface area contributed by atoms with Gasteiger partial charge in [0.25, 0.3) is 5.91 Å². The third kappa shape index (κ3) is 1.90. The average Bonchev–Trinajstić information content (AvgIpc) is 2.25. The molecule has 0 saturated carbocycles. The number of hydrogen-bond donors (Lipinski definition) is 2. The van der Waals surface area contributed by atoms with Crippen LogP contribution >= 0.6 is 11.6 Å². The molecule has 0 aromatic heterocycles. The van der Waals surface area contributed by atoms with Gasteiger partial charge in [-0.2, -0.15) is 0 Å². The van der Waals surface area contributed by atoms with Crippen LogP contribution in [0.4, 0.5) is 11.4 Å². The molecule has 1 aliphatic rings. The topological polar surface area (TPSA) is 75.4 Å². The highest BCUT2D eigenvalue weighted by Gasteiger charge is 2.42. The van der Waals surface area contributed by atoms with Gasteiger partial charge in [0.1, 0.15) is 5.54 Å². The molecular weight excluding hydrogens is 254 g/mol. The maximum absolute atomic E-state index is 11.9. The van der Waals surface area contributed by atoms with E-state index in [1.165, 1.54) is 0 Å². The number of hydrogen-bond acceptors (Lipinski definition) is 4. The zero-order chi connectivity index (χ0) is 13.5. The van der Waals surface area contributed by atoms with E-state index in [2.05, 4.69) is 5.32 Å². The predicted molar refractivity (Wildman–Crippen MR) is 70.4 cm³/mol. The van der Waals surface area contributed by atoms with E-state index in [0.29, 0.717) is 16.4 Å². The smallest absolute Gasteiger partial charge is 0.251 e. The van der Waals surface area contributed by atoms with Crippen LogP contribution in [0.15, 0.2) is 18.2 Å². The molecule has 1 aliphatic heterocycles. The van der Waals surface area contributed by atoms with Crippen molar-refractivity contribution in [3.63, 3.8) is 0 Å². The van der Waals surface area contributed by atoms with Crippen LogP contribution in [0.25, 0.3) is 0 Å². The Morgan fingerprint density at radius 3 is 2.67 bits per heavy atom. The van der Waals surface area contributed by atoms with Crippen molar-refractivity contribution in [2.45, 2.75) is 19.4 Å². The second-order valence-corrected chi connectivity index (χ2v) is 5.11. The van der Waals surface area contributed by atoms with Crippen LogP contribution in [0.5, 0.6) is 0 Å². The molecule has 1 fully saturated rings. The molecule has 0 radical (unpaired) electrons. The number of nitrogens with one attached hydrogen (secondary N) is 1. The van der Waals surface area contributed by atoms with Crippen molar-refractivity contribution < 1.29 is 9.59 Å². The van der Waals surface area contributed by atoms with Gasteiger partial charge in [0.15, 0.2) is 0 Å². The molecule has 96 valence electrons. The van der Waals surface area contributed by atoms with Crippen molar-refractivity contribution in [2.24, 2.45) is 0 Å². The summed E-state index contributed by atoms with van der Waals surface area (Å²) in [7, 11) is 0. The van der Waals surface area contributed by atoms with Gasteiger partial charge in [0.2, 0.25) is 5.91 Å². The molecule has 1 saturated heterocycles. The molecule has 6 heteroatoms. The number of anilines is 2. The monoisotopic (exact) mass is 267 g/mol. The number of amides is 2. The summed E-state index contributed by atoms with van der Waals surface area (Å²) in [6, 6.07) is 5.09. The highest BCUT2D eigenvalue weighted by Crippen LogP contribution is 2.36. The van der Waals surface area contributed by atoms with Crippen LogP contribution in [0.2, 0.25) is 5.02 Å². The van der Waals surface area contributed by atoms with Crippen molar-refractivity contribution >= 4 is 34.8 Å². The molecule has 0 unspecified atom stereocenters. The third-order valence-corrected chi connectivity index (χ3v) is 3.38. The Labute approximate surface area is 110 Å². The first-order valence-corrected chi connectivity index (χ1v) is 5.87. The summed E-state index contributed by atoms with van der Waals surface area (Å²) < 4.78 is 0. The van der Waals surface area contributed by atoms with Gasteiger partial charge in [0, 0.05) is 0 Å². The number of benzene rings is 1. The fraction of sp³-hybridized carbons (Fsp3) is 0.333. The summed E-state index contributed by atoms with van der Waals surface area (Å²) >= 11 is 6.12. The molecule has 0 bridgehead atoms. The molecule has 18 heavy (non-hydrogen) atoms. The first kappa shape index (κ1) is 12.7. The van der Waals surface area contributed by atoms with Gasteiger partial charge < -0.3 is 10.6 Å². The van der Waals surface area contributed by atoms with Gasteiger partial charge in [-0.25, -0.2) is 0 Å². The number of nitrogens with zero attached hydrogens (tertiary/aromatic N) is 1. The minimum Gasteiger partial charge on any atom is -0.397 e. The van der Waals surface area contributed by atoms with Crippen molar-refractivity contribution in [2.75, 3.05) is 17.2 Å². The first-order chi connectivity index (χ1) is 8.34. The van der Waals surface area contributed by atoms with E-state index in [1.807, 2.05) is 0 Å². The minimum atomic E-state index is -0.882. The number of halogens is 1. The molecule has 1 aromatic carbocycles. The Balaban J connectivity index is 2.54. The SMILES string of the molecule is CC1(C)C(=O)NC(=O)CN1c1c(N)cccc1Cl. The van der Waals surface area contributed by atoms with Gasteiger partial charge in [-0.1, -0.05) is 17.7 Å². The largest absolute Gasteiger partial charge is 0.397 e. The lowest BCUT2D eigenvalue weighted by Gasteiger charge is -2.42. The number of nitrogens with two attached hydrogens (primary N) is 1. The van der Waals surface area contributed by atoms with E-state index in [-0.39, 0.29) is 18.4 Å². The molecule has 0 spiro atoms. The van der Waals surface area contributed by atoms with Crippen LogP contribution in [0.1, 0.15) is 13.8 Å². The summed E-state index contributed by atoms with van der Waals surface area (Å²) in [5.41, 5.74) is 5.98. The molecule has 1 heterocycles. The molecule has 2 rings (SSSR count). The van der Waals surface area contributed by atoms with E-state index in [0.717, 1.165) is 0 Å². The number of carbonyl (C=O) groups excluding carboxylic acids is 2. The zero-order valence-corrected chi connectivity index (χ0v) is 10.9. The molecule has 0 atom stereocenters. The van der Waals surface area contributed by atoms with Crippen LogP contribution in [-0.2, 0) is 9.59 Å². The van der Waals surface area contributed by atoms with E-state index >= 15 is 0 Å². The lowest BCUT2D eigenvalue weighted by molar-refractivity contribution is -0.135. The van der Waals surface area contributed by atoms with Gasteiger partial charge in [-0.05, 0) is 26.0 Å². The highest BCUT2D eigenvalue weighted by atomic mass is 35.5. The van der Waals surface area contributed by atoms with Crippen LogP contribution < -0.4 is 16.0 Å². The Hall–Kier alpha value is -1.75. The fourth-order valence-electron chi connectivity index (χ4n) is 1.96. The van der Waals surface area contributed by atoms with E-state index in [9.17, 15) is 9.59 Å². The second kappa shape index (κ2) is 4.17. The zero-order valence-electron chi connectivity index (χ0n) is 10.2. The lowest BCUT2D eigenvalue weighted by atomic mass is 9.97. The van der Waals surface area contributed by atoms with E-state index in [4.69, 9.17) is 17.3 Å². The van der Waals surface area contributed by atoms with Gasteiger partial charge in [-0.15, -0.1) is 0 Å². The van der Waals surface area contributed by atoms with Crippen LogP contribution in [-0.4, -0.2) is 23.9 Å². The summed E-state index contributed by atoms with van der Waals surface area (Å²) in [5, 5.41) is 2.73. The fourth-order valence-corrected chi connectivity index (χ4v) is 2.24. The van der Waals surface area contributed by atoms with Crippen LogP contribution in [0, 0.1) is 0 Å². The Kier molecular flexibility index (Phi) is 2.94. The molecular formula is C12H14ClN3O2. The third-order valence-electron chi connectivity index (χ3n) is 3.07. The van der Waals surface area contributed by atoms with E-state index in [1.54, 1.807) is 36.9 Å². The van der Waals surface area contributed by atoms with Crippen molar-refractivity contribution in [1.29, 1.82) is 0 Å². The number of carbonyl (C=O) groups is 2. The number of piperazine rings is 1.